The lowest BCUT2D eigenvalue weighted by atomic mass is 9.99. The highest BCUT2D eigenvalue weighted by atomic mass is 32.1. The Morgan fingerprint density at radius 3 is 2.51 bits per heavy atom. The van der Waals surface area contributed by atoms with Crippen molar-refractivity contribution in [3.63, 3.8) is 0 Å². The SMILES string of the molecule is Cc1cnc(-c2cc(OCC3CCNCC3)cc(C(=O)N[C@H](C)c3cnc(C(F)(F)F)nc3)c2)s1. The van der Waals surface area contributed by atoms with Crippen LogP contribution in [0.1, 0.15) is 52.4 Å². The zero-order chi connectivity index (χ0) is 25.0. The highest BCUT2D eigenvalue weighted by Gasteiger charge is 2.34. The van der Waals surface area contributed by atoms with Crippen molar-refractivity contribution in [1.82, 2.24) is 25.6 Å². The molecule has 4 rings (SSSR count). The lowest BCUT2D eigenvalue weighted by Gasteiger charge is -2.23. The van der Waals surface area contributed by atoms with Crippen molar-refractivity contribution < 1.29 is 22.7 Å². The number of carbonyl (C=O) groups is 1. The predicted octanol–water partition coefficient (Wildman–Crippen LogP) is 4.80. The van der Waals surface area contributed by atoms with Gasteiger partial charge < -0.3 is 15.4 Å². The van der Waals surface area contributed by atoms with E-state index in [9.17, 15) is 18.0 Å². The van der Waals surface area contributed by atoms with Crippen molar-refractivity contribution in [2.45, 2.75) is 38.9 Å². The topological polar surface area (TPSA) is 89.0 Å². The molecule has 0 spiro atoms. The number of rotatable bonds is 7. The van der Waals surface area contributed by atoms with Gasteiger partial charge in [-0.15, -0.1) is 11.3 Å². The number of carbonyl (C=O) groups excluding carboxylic acids is 1. The molecule has 0 saturated carbocycles. The summed E-state index contributed by atoms with van der Waals surface area (Å²) in [6.45, 7) is 6.10. The van der Waals surface area contributed by atoms with E-state index < -0.39 is 18.0 Å². The Morgan fingerprint density at radius 2 is 1.89 bits per heavy atom. The maximum atomic E-state index is 13.1. The maximum absolute atomic E-state index is 13.1. The number of piperidine rings is 1. The maximum Gasteiger partial charge on any atom is 0.451 e. The number of aromatic nitrogens is 3. The van der Waals surface area contributed by atoms with Gasteiger partial charge in [-0.3, -0.25) is 4.79 Å². The molecule has 1 aromatic carbocycles. The van der Waals surface area contributed by atoms with Crippen LogP contribution in [0.25, 0.3) is 10.6 Å². The van der Waals surface area contributed by atoms with Crippen LogP contribution in [0.4, 0.5) is 13.2 Å². The molecule has 0 aliphatic carbocycles. The summed E-state index contributed by atoms with van der Waals surface area (Å²) < 4.78 is 44.3. The molecule has 1 fully saturated rings. The van der Waals surface area contributed by atoms with Crippen LogP contribution in [0, 0.1) is 12.8 Å². The smallest absolute Gasteiger partial charge is 0.451 e. The van der Waals surface area contributed by atoms with E-state index in [0.29, 0.717) is 29.4 Å². The molecule has 1 aliphatic heterocycles. The molecule has 3 aromatic rings. The largest absolute Gasteiger partial charge is 0.493 e. The second-order valence-electron chi connectivity index (χ2n) is 8.56. The summed E-state index contributed by atoms with van der Waals surface area (Å²) in [5.41, 5.74) is 1.50. The number of thiazole rings is 1. The molecule has 3 heterocycles. The Morgan fingerprint density at radius 1 is 1.17 bits per heavy atom. The zero-order valence-corrected chi connectivity index (χ0v) is 20.2. The van der Waals surface area contributed by atoms with Gasteiger partial charge in [0.05, 0.1) is 12.6 Å². The van der Waals surface area contributed by atoms with Crippen molar-refractivity contribution in [3.8, 4) is 16.3 Å². The second-order valence-corrected chi connectivity index (χ2v) is 9.79. The molecule has 1 aliphatic rings. The average Bonchev–Trinajstić information content (AvgIpc) is 3.29. The first-order valence-electron chi connectivity index (χ1n) is 11.3. The number of ether oxygens (including phenoxy) is 1. The van der Waals surface area contributed by atoms with E-state index in [1.165, 1.54) is 11.3 Å². The quantitative estimate of drug-likeness (QED) is 0.480. The summed E-state index contributed by atoms with van der Waals surface area (Å²) in [5, 5.41) is 6.91. The fourth-order valence-electron chi connectivity index (χ4n) is 3.76. The van der Waals surface area contributed by atoms with E-state index >= 15 is 0 Å². The van der Waals surface area contributed by atoms with Gasteiger partial charge in [-0.2, -0.15) is 13.2 Å². The second kappa shape index (κ2) is 10.7. The Labute approximate surface area is 205 Å². The number of hydrogen-bond acceptors (Lipinski definition) is 7. The molecule has 35 heavy (non-hydrogen) atoms. The normalized spacial score (nSPS) is 15.6. The van der Waals surface area contributed by atoms with Crippen LogP contribution < -0.4 is 15.4 Å². The van der Waals surface area contributed by atoms with Crippen LogP contribution in [0.2, 0.25) is 0 Å². The molecule has 0 bridgehead atoms. The van der Waals surface area contributed by atoms with Gasteiger partial charge in [0.25, 0.3) is 5.91 Å². The van der Waals surface area contributed by atoms with Crippen LogP contribution in [0.5, 0.6) is 5.75 Å². The van der Waals surface area contributed by atoms with E-state index in [1.54, 1.807) is 25.3 Å². The highest BCUT2D eigenvalue weighted by Crippen LogP contribution is 2.30. The summed E-state index contributed by atoms with van der Waals surface area (Å²) >= 11 is 1.52. The summed E-state index contributed by atoms with van der Waals surface area (Å²) in [5.74, 6) is -0.593. The van der Waals surface area contributed by atoms with Crippen molar-refractivity contribution in [3.05, 3.63) is 58.6 Å². The number of alkyl halides is 3. The summed E-state index contributed by atoms with van der Waals surface area (Å²) in [7, 11) is 0. The zero-order valence-electron chi connectivity index (χ0n) is 19.4. The minimum atomic E-state index is -4.62. The first-order valence-corrected chi connectivity index (χ1v) is 12.1. The molecule has 0 unspecified atom stereocenters. The minimum Gasteiger partial charge on any atom is -0.493 e. The van der Waals surface area contributed by atoms with E-state index in [4.69, 9.17) is 4.74 Å². The number of halogens is 3. The van der Waals surface area contributed by atoms with Crippen molar-refractivity contribution in [1.29, 1.82) is 0 Å². The third-order valence-corrected chi connectivity index (χ3v) is 6.72. The van der Waals surface area contributed by atoms with Crippen LogP contribution in [0.15, 0.2) is 36.8 Å². The lowest BCUT2D eigenvalue weighted by molar-refractivity contribution is -0.145. The van der Waals surface area contributed by atoms with Crippen LogP contribution >= 0.6 is 11.3 Å². The molecule has 11 heteroatoms. The molecule has 1 atom stereocenters. The van der Waals surface area contributed by atoms with Gasteiger partial charge in [0.15, 0.2) is 0 Å². The Bertz CT molecular complexity index is 1160. The predicted molar refractivity (Wildman–Crippen MR) is 126 cm³/mol. The number of amides is 1. The lowest BCUT2D eigenvalue weighted by Crippen LogP contribution is -2.30. The molecule has 1 saturated heterocycles. The number of nitrogens with zero attached hydrogens (tertiary/aromatic N) is 3. The fourth-order valence-corrected chi connectivity index (χ4v) is 4.51. The van der Waals surface area contributed by atoms with Crippen molar-refractivity contribution in [2.24, 2.45) is 5.92 Å². The molecule has 1 amide bonds. The van der Waals surface area contributed by atoms with Gasteiger partial charge in [-0.05, 0) is 63.9 Å². The number of nitrogens with one attached hydrogen (secondary N) is 2. The van der Waals surface area contributed by atoms with Gasteiger partial charge >= 0.3 is 6.18 Å². The van der Waals surface area contributed by atoms with Gasteiger partial charge in [-0.1, -0.05) is 0 Å². The molecule has 186 valence electrons. The van der Waals surface area contributed by atoms with Gasteiger partial charge in [0.2, 0.25) is 5.82 Å². The van der Waals surface area contributed by atoms with E-state index in [1.807, 2.05) is 13.0 Å². The fraction of sp³-hybridized carbons (Fsp3) is 0.417. The molecule has 2 N–H and O–H groups in total. The highest BCUT2D eigenvalue weighted by molar-refractivity contribution is 7.14. The molecule has 2 aromatic heterocycles. The first-order chi connectivity index (χ1) is 16.7. The Kier molecular flexibility index (Phi) is 7.66. The third kappa shape index (κ3) is 6.55. The van der Waals surface area contributed by atoms with Crippen LogP contribution in [-0.2, 0) is 6.18 Å². The van der Waals surface area contributed by atoms with Crippen molar-refractivity contribution in [2.75, 3.05) is 19.7 Å². The van der Waals surface area contributed by atoms with E-state index in [-0.39, 0.29) is 5.91 Å². The van der Waals surface area contributed by atoms with Gasteiger partial charge in [0, 0.05) is 40.2 Å². The summed E-state index contributed by atoms with van der Waals surface area (Å²) in [6.07, 6.45) is 1.36. The molecular weight excluding hydrogens is 479 g/mol. The van der Waals surface area contributed by atoms with E-state index in [2.05, 4.69) is 25.6 Å². The molecular formula is C24H26F3N5O2S. The number of aryl methyl sites for hydroxylation is 1. The van der Waals surface area contributed by atoms with Gasteiger partial charge in [0.1, 0.15) is 10.8 Å². The summed E-state index contributed by atoms with van der Waals surface area (Å²) in [6, 6.07) is 4.69. The van der Waals surface area contributed by atoms with Gasteiger partial charge in [-0.25, -0.2) is 15.0 Å². The minimum absolute atomic E-state index is 0.362. The van der Waals surface area contributed by atoms with Crippen LogP contribution in [-0.4, -0.2) is 40.6 Å². The third-order valence-electron chi connectivity index (χ3n) is 5.75. The first kappa shape index (κ1) is 25.1. The molecule has 7 nitrogen and oxygen atoms in total. The van der Waals surface area contributed by atoms with Crippen molar-refractivity contribution >= 4 is 17.2 Å². The molecule has 0 radical (unpaired) electrons. The van der Waals surface area contributed by atoms with E-state index in [0.717, 1.165) is 53.8 Å². The van der Waals surface area contributed by atoms with Crippen LogP contribution in [0.3, 0.4) is 0 Å². The Balaban J connectivity index is 1.52. The average molecular weight is 506 g/mol. The standard InChI is InChI=1S/C24H26F3N5O2S/c1-14-10-29-22(35-14)18-7-17(8-20(9-18)34-13-16-3-5-28-6-4-16)21(33)32-15(2)19-11-30-23(31-12-19)24(25,26)27/h7-12,15-16,28H,3-6,13H2,1-2H3,(H,32,33)/t15-/m1/s1. The Hall–Kier alpha value is -3.05. The number of hydrogen-bond donors (Lipinski definition) is 2. The number of benzene rings is 1. The monoisotopic (exact) mass is 505 g/mol. The summed E-state index contributed by atoms with van der Waals surface area (Å²) in [4.78, 5) is 25.3.